The van der Waals surface area contributed by atoms with Crippen molar-refractivity contribution in [3.05, 3.63) is 27.7 Å². The van der Waals surface area contributed by atoms with Crippen molar-refractivity contribution in [2.24, 2.45) is 5.92 Å². The normalized spacial score (nSPS) is 20.2. The molecule has 1 aliphatic heterocycles. The van der Waals surface area contributed by atoms with Gasteiger partial charge in [-0.15, -0.1) is 0 Å². The number of hydrogen-bond donors (Lipinski definition) is 2. The molecule has 0 radical (unpaired) electrons. The molecule has 0 aliphatic carbocycles. The van der Waals surface area contributed by atoms with Crippen LogP contribution in [0.25, 0.3) is 0 Å². The molecule has 1 atom stereocenters. The molecule has 2 rings (SSSR count). The standard InChI is InChI=1S/C11H14BrClN2O2S/c12-9-2-1-3-10(13)11(9)18(16,17)15-7-8-4-5-14-6-8/h1-3,8,14-15H,4-7H2. The number of halogens is 2. The van der Waals surface area contributed by atoms with Crippen molar-refractivity contribution in [1.82, 2.24) is 10.0 Å². The van der Waals surface area contributed by atoms with Gasteiger partial charge in [0, 0.05) is 11.0 Å². The van der Waals surface area contributed by atoms with E-state index in [9.17, 15) is 8.42 Å². The van der Waals surface area contributed by atoms with Crippen LogP contribution in [0.15, 0.2) is 27.6 Å². The summed E-state index contributed by atoms with van der Waals surface area (Å²) < 4.78 is 27.5. The zero-order chi connectivity index (χ0) is 13.2. The van der Waals surface area contributed by atoms with Crippen LogP contribution in [0.1, 0.15) is 6.42 Å². The lowest BCUT2D eigenvalue weighted by molar-refractivity contribution is 0.538. The smallest absolute Gasteiger partial charge is 0.243 e. The average molecular weight is 354 g/mol. The van der Waals surface area contributed by atoms with Crippen LogP contribution in [0.4, 0.5) is 0 Å². The van der Waals surface area contributed by atoms with E-state index in [1.54, 1.807) is 18.2 Å². The molecule has 100 valence electrons. The second-order valence-electron chi connectivity index (χ2n) is 4.26. The molecule has 7 heteroatoms. The Balaban J connectivity index is 2.15. The molecule has 1 aromatic carbocycles. The Morgan fingerprint density at radius 1 is 1.50 bits per heavy atom. The highest BCUT2D eigenvalue weighted by atomic mass is 79.9. The predicted octanol–water partition coefficient (Wildman–Crippen LogP) is 1.99. The number of nitrogens with one attached hydrogen (secondary N) is 2. The summed E-state index contributed by atoms with van der Waals surface area (Å²) in [5, 5.41) is 3.42. The van der Waals surface area contributed by atoms with Gasteiger partial charge in [0.2, 0.25) is 10.0 Å². The van der Waals surface area contributed by atoms with E-state index in [1.807, 2.05) is 0 Å². The van der Waals surface area contributed by atoms with Crippen LogP contribution in [-0.2, 0) is 10.0 Å². The fourth-order valence-electron chi connectivity index (χ4n) is 1.93. The summed E-state index contributed by atoms with van der Waals surface area (Å²) in [7, 11) is -3.57. The lowest BCUT2D eigenvalue weighted by atomic mass is 10.1. The van der Waals surface area contributed by atoms with E-state index in [2.05, 4.69) is 26.0 Å². The lowest BCUT2D eigenvalue weighted by Crippen LogP contribution is -2.30. The van der Waals surface area contributed by atoms with E-state index in [-0.39, 0.29) is 9.92 Å². The van der Waals surface area contributed by atoms with Gasteiger partial charge < -0.3 is 5.32 Å². The highest BCUT2D eigenvalue weighted by Crippen LogP contribution is 2.29. The molecular weight excluding hydrogens is 340 g/mol. The molecule has 4 nitrogen and oxygen atoms in total. The third kappa shape index (κ3) is 3.24. The fourth-order valence-corrected chi connectivity index (χ4v) is 4.78. The van der Waals surface area contributed by atoms with Crippen molar-refractivity contribution < 1.29 is 8.42 Å². The quantitative estimate of drug-likeness (QED) is 0.870. The van der Waals surface area contributed by atoms with E-state index >= 15 is 0 Å². The maximum absolute atomic E-state index is 12.2. The van der Waals surface area contributed by atoms with Crippen LogP contribution >= 0.6 is 27.5 Å². The van der Waals surface area contributed by atoms with E-state index in [0.717, 1.165) is 19.5 Å². The Bertz CT molecular complexity index is 510. The minimum Gasteiger partial charge on any atom is -0.316 e. The Labute approximate surface area is 120 Å². The van der Waals surface area contributed by atoms with Gasteiger partial charge in [-0.1, -0.05) is 17.7 Å². The summed E-state index contributed by atoms with van der Waals surface area (Å²) in [4.78, 5) is 0.109. The molecule has 0 aromatic heterocycles. The summed E-state index contributed by atoms with van der Waals surface area (Å²) in [5.74, 6) is 0.348. The molecule has 0 bridgehead atoms. The van der Waals surface area contributed by atoms with Gasteiger partial charge in [-0.2, -0.15) is 0 Å². The zero-order valence-corrected chi connectivity index (χ0v) is 12.8. The second-order valence-corrected chi connectivity index (χ2v) is 7.23. The zero-order valence-electron chi connectivity index (χ0n) is 9.62. The van der Waals surface area contributed by atoms with E-state index < -0.39 is 10.0 Å². The third-order valence-electron chi connectivity index (χ3n) is 2.91. The molecule has 1 fully saturated rings. The van der Waals surface area contributed by atoms with Crippen LogP contribution in [0, 0.1) is 5.92 Å². The maximum Gasteiger partial charge on any atom is 0.243 e. The Hall–Kier alpha value is -0.140. The maximum atomic E-state index is 12.2. The molecule has 1 aliphatic rings. The summed E-state index contributed by atoms with van der Waals surface area (Å²) in [5.41, 5.74) is 0. The van der Waals surface area contributed by atoms with Crippen LogP contribution in [0.2, 0.25) is 5.02 Å². The largest absolute Gasteiger partial charge is 0.316 e. The monoisotopic (exact) mass is 352 g/mol. The highest BCUT2D eigenvalue weighted by Gasteiger charge is 2.23. The number of hydrogen-bond acceptors (Lipinski definition) is 3. The van der Waals surface area contributed by atoms with Gasteiger partial charge in [0.25, 0.3) is 0 Å². The van der Waals surface area contributed by atoms with Gasteiger partial charge >= 0.3 is 0 Å². The third-order valence-corrected chi connectivity index (χ3v) is 5.79. The van der Waals surface area contributed by atoms with Crippen molar-refractivity contribution in [3.63, 3.8) is 0 Å². The van der Waals surface area contributed by atoms with Crippen LogP contribution in [0.5, 0.6) is 0 Å². The van der Waals surface area contributed by atoms with Gasteiger partial charge in [0.05, 0.1) is 5.02 Å². The van der Waals surface area contributed by atoms with Crippen molar-refractivity contribution in [3.8, 4) is 0 Å². The van der Waals surface area contributed by atoms with Crippen molar-refractivity contribution in [2.75, 3.05) is 19.6 Å². The molecular formula is C11H14BrClN2O2S. The van der Waals surface area contributed by atoms with Crippen molar-refractivity contribution >= 4 is 37.6 Å². The Kier molecular flexibility index (Phi) is 4.66. The van der Waals surface area contributed by atoms with E-state index in [1.165, 1.54) is 0 Å². The molecule has 1 saturated heterocycles. The van der Waals surface area contributed by atoms with Gasteiger partial charge in [-0.3, -0.25) is 0 Å². The number of rotatable bonds is 4. The first kappa shape index (κ1) is 14.3. The molecule has 0 spiro atoms. The molecule has 2 N–H and O–H groups in total. The molecule has 0 amide bonds. The number of sulfonamides is 1. The van der Waals surface area contributed by atoms with Gasteiger partial charge in [0.15, 0.2) is 0 Å². The van der Waals surface area contributed by atoms with Crippen LogP contribution < -0.4 is 10.0 Å². The summed E-state index contributed by atoms with van der Waals surface area (Å²) >= 11 is 9.17. The predicted molar refractivity (Wildman–Crippen MR) is 75.3 cm³/mol. The Morgan fingerprint density at radius 3 is 2.89 bits per heavy atom. The fraction of sp³-hybridized carbons (Fsp3) is 0.455. The van der Waals surface area contributed by atoms with E-state index in [0.29, 0.717) is 16.9 Å². The second kappa shape index (κ2) is 5.88. The minimum absolute atomic E-state index is 0.109. The highest BCUT2D eigenvalue weighted by molar-refractivity contribution is 9.10. The minimum atomic E-state index is -3.57. The molecule has 1 aromatic rings. The lowest BCUT2D eigenvalue weighted by Gasteiger charge is -2.12. The van der Waals surface area contributed by atoms with Gasteiger partial charge in [-0.05, 0) is 53.5 Å². The molecule has 1 unspecified atom stereocenters. The van der Waals surface area contributed by atoms with E-state index in [4.69, 9.17) is 11.6 Å². The summed E-state index contributed by atoms with van der Waals surface area (Å²) in [6, 6.07) is 4.93. The van der Waals surface area contributed by atoms with Crippen molar-refractivity contribution in [2.45, 2.75) is 11.3 Å². The summed E-state index contributed by atoms with van der Waals surface area (Å²) in [6.45, 7) is 2.24. The first-order valence-corrected chi connectivity index (χ1v) is 8.30. The van der Waals surface area contributed by atoms with Crippen LogP contribution in [-0.4, -0.2) is 28.1 Å². The topological polar surface area (TPSA) is 58.2 Å². The number of benzene rings is 1. The van der Waals surface area contributed by atoms with Crippen LogP contribution in [0.3, 0.4) is 0 Å². The van der Waals surface area contributed by atoms with Crippen molar-refractivity contribution in [1.29, 1.82) is 0 Å². The first-order valence-electron chi connectivity index (χ1n) is 5.65. The molecule has 1 heterocycles. The summed E-state index contributed by atoms with van der Waals surface area (Å²) in [6.07, 6.45) is 0.992. The van der Waals surface area contributed by atoms with Gasteiger partial charge in [0.1, 0.15) is 4.90 Å². The Morgan fingerprint density at radius 2 is 2.28 bits per heavy atom. The molecule has 18 heavy (non-hydrogen) atoms. The SMILES string of the molecule is O=S(=O)(NCC1CCNC1)c1c(Cl)cccc1Br. The van der Waals surface area contributed by atoms with Gasteiger partial charge in [-0.25, -0.2) is 13.1 Å². The molecule has 0 saturated carbocycles. The average Bonchev–Trinajstić information content (AvgIpc) is 2.78. The first-order chi connectivity index (χ1) is 8.50.